The standard InChI is InChI=1S/C11H13N5O3S/c1-3-4(2-17)19-9-6(3)20-11-13-5-7(16(9)11)14-10(12)15-8(5)18/h3-4,6,9,17H,2H2,1H3,(H3,12,14,15,18)/t3-,4-,6+,9-/m1/s1. The van der Waals surface area contributed by atoms with Gasteiger partial charge in [0.2, 0.25) is 5.95 Å². The minimum absolute atomic E-state index is 0.0210. The monoisotopic (exact) mass is 295 g/mol. The molecule has 4 rings (SSSR count). The van der Waals surface area contributed by atoms with Crippen molar-refractivity contribution in [3.05, 3.63) is 10.4 Å². The van der Waals surface area contributed by atoms with Crippen molar-refractivity contribution in [3.63, 3.8) is 0 Å². The van der Waals surface area contributed by atoms with Crippen molar-refractivity contribution in [1.29, 1.82) is 0 Å². The van der Waals surface area contributed by atoms with Crippen molar-refractivity contribution >= 4 is 28.9 Å². The maximum atomic E-state index is 11.8. The lowest BCUT2D eigenvalue weighted by Crippen LogP contribution is -2.21. The van der Waals surface area contributed by atoms with Crippen LogP contribution < -0.4 is 11.3 Å². The Morgan fingerprint density at radius 3 is 3.10 bits per heavy atom. The summed E-state index contributed by atoms with van der Waals surface area (Å²) in [4.78, 5) is 22.8. The van der Waals surface area contributed by atoms with E-state index in [1.54, 1.807) is 11.8 Å². The number of nitrogens with zero attached hydrogens (tertiary/aromatic N) is 3. The number of nitrogens with two attached hydrogens (primary N) is 1. The molecule has 20 heavy (non-hydrogen) atoms. The van der Waals surface area contributed by atoms with E-state index >= 15 is 0 Å². The molecule has 2 aliphatic heterocycles. The minimum atomic E-state index is -0.351. The van der Waals surface area contributed by atoms with E-state index in [0.717, 1.165) is 0 Å². The van der Waals surface area contributed by atoms with E-state index in [1.807, 2.05) is 11.5 Å². The molecule has 0 radical (unpaired) electrons. The number of thioether (sulfide) groups is 1. The zero-order chi connectivity index (χ0) is 14.0. The van der Waals surface area contributed by atoms with Crippen LogP contribution in [0.25, 0.3) is 11.2 Å². The van der Waals surface area contributed by atoms with Crippen LogP contribution in [0.3, 0.4) is 0 Å². The topological polar surface area (TPSA) is 119 Å². The number of aliphatic hydroxyl groups is 1. The van der Waals surface area contributed by atoms with Crippen LogP contribution in [0.5, 0.6) is 0 Å². The van der Waals surface area contributed by atoms with Gasteiger partial charge in [0.25, 0.3) is 5.56 Å². The maximum absolute atomic E-state index is 11.8. The van der Waals surface area contributed by atoms with Crippen LogP contribution in [0.4, 0.5) is 5.95 Å². The van der Waals surface area contributed by atoms with Crippen molar-refractivity contribution in [2.75, 3.05) is 12.3 Å². The Kier molecular flexibility index (Phi) is 2.41. The number of H-pyrrole nitrogens is 1. The van der Waals surface area contributed by atoms with Gasteiger partial charge in [-0.3, -0.25) is 14.3 Å². The molecule has 0 aromatic carbocycles. The molecule has 1 saturated heterocycles. The highest BCUT2D eigenvalue weighted by Crippen LogP contribution is 2.51. The maximum Gasteiger partial charge on any atom is 0.280 e. The van der Waals surface area contributed by atoms with Gasteiger partial charge in [-0.2, -0.15) is 4.98 Å². The number of nitrogens with one attached hydrogen (secondary N) is 1. The second-order valence-electron chi connectivity index (χ2n) is 5.08. The Morgan fingerprint density at radius 2 is 2.35 bits per heavy atom. The largest absolute Gasteiger partial charge is 0.394 e. The number of hydrogen-bond acceptors (Lipinski definition) is 7. The highest BCUT2D eigenvalue weighted by molar-refractivity contribution is 8.00. The summed E-state index contributed by atoms with van der Waals surface area (Å²) >= 11 is 1.56. The van der Waals surface area contributed by atoms with Crippen LogP contribution in [-0.2, 0) is 4.74 Å². The van der Waals surface area contributed by atoms with Crippen LogP contribution in [0, 0.1) is 5.92 Å². The van der Waals surface area contributed by atoms with Crippen molar-refractivity contribution < 1.29 is 9.84 Å². The molecule has 0 bridgehead atoms. The van der Waals surface area contributed by atoms with Gasteiger partial charge in [-0.1, -0.05) is 18.7 Å². The van der Waals surface area contributed by atoms with Gasteiger partial charge in [-0.05, 0) is 0 Å². The fourth-order valence-electron chi connectivity index (χ4n) is 2.85. The Balaban J connectivity index is 1.90. The molecule has 0 unspecified atom stereocenters. The van der Waals surface area contributed by atoms with Crippen LogP contribution in [0.2, 0.25) is 0 Å². The second-order valence-corrected chi connectivity index (χ2v) is 6.22. The number of rotatable bonds is 1. The van der Waals surface area contributed by atoms with Crippen LogP contribution in [-0.4, -0.2) is 42.6 Å². The van der Waals surface area contributed by atoms with Crippen LogP contribution >= 0.6 is 11.8 Å². The number of hydrogen-bond donors (Lipinski definition) is 3. The van der Waals surface area contributed by atoms with Gasteiger partial charge < -0.3 is 15.6 Å². The lowest BCUT2D eigenvalue weighted by atomic mass is 10.0. The highest BCUT2D eigenvalue weighted by Gasteiger charge is 2.49. The summed E-state index contributed by atoms with van der Waals surface area (Å²) in [6, 6.07) is 0. The summed E-state index contributed by atoms with van der Waals surface area (Å²) in [5.41, 5.74) is 5.95. The molecule has 2 aromatic rings. The van der Waals surface area contributed by atoms with E-state index in [1.165, 1.54) is 0 Å². The van der Waals surface area contributed by atoms with E-state index < -0.39 is 0 Å². The third kappa shape index (κ3) is 1.42. The number of aromatic nitrogens is 4. The smallest absolute Gasteiger partial charge is 0.280 e. The normalized spacial score (nSPS) is 31.7. The lowest BCUT2D eigenvalue weighted by molar-refractivity contribution is -0.0286. The van der Waals surface area contributed by atoms with Gasteiger partial charge in [0.15, 0.2) is 22.5 Å². The first-order chi connectivity index (χ1) is 9.60. The summed E-state index contributed by atoms with van der Waals surface area (Å²) in [6.07, 6.45) is -0.469. The van der Waals surface area contributed by atoms with Gasteiger partial charge >= 0.3 is 0 Å². The summed E-state index contributed by atoms with van der Waals surface area (Å²) in [5, 5.41) is 10.2. The zero-order valence-corrected chi connectivity index (χ0v) is 11.4. The molecular weight excluding hydrogens is 282 g/mol. The van der Waals surface area contributed by atoms with Gasteiger partial charge in [-0.25, -0.2) is 4.98 Å². The first-order valence-corrected chi connectivity index (χ1v) is 7.19. The van der Waals surface area contributed by atoms with Crippen molar-refractivity contribution in [2.24, 2.45) is 5.92 Å². The second kappa shape index (κ2) is 3.96. The molecule has 1 fully saturated rings. The Labute approximate surface area is 117 Å². The van der Waals surface area contributed by atoms with Crippen LogP contribution in [0.1, 0.15) is 13.2 Å². The molecule has 0 saturated carbocycles. The summed E-state index contributed by atoms with van der Waals surface area (Å²) < 4.78 is 7.69. The molecule has 106 valence electrons. The number of imidazole rings is 1. The fraction of sp³-hybridized carbons (Fsp3) is 0.545. The highest BCUT2D eigenvalue weighted by atomic mass is 32.2. The quantitative estimate of drug-likeness (QED) is 0.661. The SMILES string of the molecule is C[C@H]1[C@@H]2Sc3nc4c(=O)[nH]c(N)nc4n3[C@@H]2O[C@@H]1CO. The van der Waals surface area contributed by atoms with E-state index in [0.29, 0.717) is 10.8 Å². The zero-order valence-electron chi connectivity index (χ0n) is 10.6. The molecule has 4 heterocycles. The van der Waals surface area contributed by atoms with Gasteiger partial charge in [0, 0.05) is 5.92 Å². The average molecular weight is 295 g/mol. The van der Waals surface area contributed by atoms with E-state index in [9.17, 15) is 9.90 Å². The summed E-state index contributed by atoms with van der Waals surface area (Å²) in [7, 11) is 0. The van der Waals surface area contributed by atoms with Gasteiger partial charge in [0.1, 0.15) is 0 Å². The molecule has 2 aliphatic rings. The molecule has 4 N–H and O–H groups in total. The Morgan fingerprint density at radius 1 is 1.55 bits per heavy atom. The van der Waals surface area contributed by atoms with Crippen molar-refractivity contribution in [1.82, 2.24) is 19.5 Å². The number of aliphatic hydroxyl groups excluding tert-OH is 1. The Hall–Kier alpha value is -1.58. The van der Waals surface area contributed by atoms with Crippen LogP contribution in [0.15, 0.2) is 9.95 Å². The number of nitrogen functional groups attached to an aromatic ring is 1. The van der Waals surface area contributed by atoms with Crippen molar-refractivity contribution in [2.45, 2.75) is 29.7 Å². The molecule has 2 aromatic heterocycles. The molecule has 0 aliphatic carbocycles. The molecule has 0 amide bonds. The van der Waals surface area contributed by atoms with Gasteiger partial charge in [-0.15, -0.1) is 0 Å². The molecular formula is C11H13N5O3S. The number of anilines is 1. The lowest BCUT2D eigenvalue weighted by Gasteiger charge is -2.13. The first-order valence-electron chi connectivity index (χ1n) is 6.31. The third-order valence-electron chi connectivity index (χ3n) is 3.91. The molecule has 8 nitrogen and oxygen atoms in total. The molecule has 9 heteroatoms. The number of aromatic amines is 1. The average Bonchev–Trinajstić information content (AvgIpc) is 3.00. The number of fused-ring (bicyclic) bond motifs is 5. The van der Waals surface area contributed by atoms with E-state index in [4.69, 9.17) is 10.5 Å². The molecule has 0 spiro atoms. The predicted molar refractivity (Wildman–Crippen MR) is 72.4 cm³/mol. The molecule has 4 atom stereocenters. The van der Waals surface area contributed by atoms with E-state index in [-0.39, 0.29) is 47.1 Å². The summed E-state index contributed by atoms with van der Waals surface area (Å²) in [6.45, 7) is 2.02. The van der Waals surface area contributed by atoms with Crippen molar-refractivity contribution in [3.8, 4) is 0 Å². The Bertz CT molecular complexity index is 756. The minimum Gasteiger partial charge on any atom is -0.394 e. The summed E-state index contributed by atoms with van der Waals surface area (Å²) in [5.74, 6) is 0.259. The number of ether oxygens (including phenoxy) is 1. The third-order valence-corrected chi connectivity index (χ3v) is 5.35. The predicted octanol–water partition coefficient (Wildman–Crippen LogP) is -0.298. The van der Waals surface area contributed by atoms with Gasteiger partial charge in [0.05, 0.1) is 18.0 Å². The fourth-order valence-corrected chi connectivity index (χ4v) is 4.23. The van der Waals surface area contributed by atoms with E-state index in [2.05, 4.69) is 15.0 Å². The first kappa shape index (κ1) is 12.2.